The van der Waals surface area contributed by atoms with E-state index in [9.17, 15) is 17.6 Å². The Kier molecular flexibility index (Phi) is 3.77. The van der Waals surface area contributed by atoms with Crippen molar-refractivity contribution in [2.45, 2.75) is 38.2 Å². The molecule has 0 N–H and O–H groups in total. The first-order chi connectivity index (χ1) is 6.52. The van der Waals surface area contributed by atoms with Crippen molar-refractivity contribution < 1.29 is 22.3 Å². The first-order valence-corrected chi connectivity index (χ1v) is 4.59. The van der Waals surface area contributed by atoms with Gasteiger partial charge in [0.25, 0.3) is 0 Å². The summed E-state index contributed by atoms with van der Waals surface area (Å²) >= 11 is 0. The molecule has 0 heterocycles. The zero-order chi connectivity index (χ0) is 10.6. The summed E-state index contributed by atoms with van der Waals surface area (Å²) in [6, 6.07) is 0. The van der Waals surface area contributed by atoms with Gasteiger partial charge in [-0.3, -0.25) is 0 Å². The minimum Gasteiger partial charge on any atom is -0.435 e. The fourth-order valence-electron chi connectivity index (χ4n) is 1.66. The first-order valence-electron chi connectivity index (χ1n) is 4.59. The normalized spacial score (nSPS) is 19.1. The molecule has 0 saturated heterocycles. The Bertz CT molecular complexity index is 205. The zero-order valence-electron chi connectivity index (χ0n) is 7.61. The standard InChI is InChI=1S/C9H12F4O/c10-8(11)6-14-9(12,13)7-4-2-1-3-5-7/h6-7H,1-5H2. The van der Waals surface area contributed by atoms with Crippen LogP contribution in [-0.2, 0) is 4.74 Å². The van der Waals surface area contributed by atoms with Gasteiger partial charge in [-0.05, 0) is 12.8 Å². The minimum absolute atomic E-state index is 0.172. The molecule has 0 aromatic heterocycles. The van der Waals surface area contributed by atoms with Crippen LogP contribution in [0, 0.1) is 5.92 Å². The summed E-state index contributed by atoms with van der Waals surface area (Å²) in [5.74, 6) is -0.924. The molecule has 0 aromatic carbocycles. The average Bonchev–Trinajstić information content (AvgIpc) is 2.16. The average molecular weight is 212 g/mol. The summed E-state index contributed by atoms with van der Waals surface area (Å²) < 4.78 is 53.0. The first kappa shape index (κ1) is 11.3. The van der Waals surface area contributed by atoms with E-state index < -0.39 is 18.1 Å². The minimum atomic E-state index is -3.45. The van der Waals surface area contributed by atoms with Crippen LogP contribution in [0.2, 0.25) is 0 Å². The van der Waals surface area contributed by atoms with E-state index in [0.717, 1.165) is 6.42 Å². The lowest BCUT2D eigenvalue weighted by molar-refractivity contribution is -0.248. The van der Waals surface area contributed by atoms with Crippen molar-refractivity contribution in [3.05, 3.63) is 12.3 Å². The van der Waals surface area contributed by atoms with Crippen LogP contribution in [0.1, 0.15) is 32.1 Å². The highest BCUT2D eigenvalue weighted by Gasteiger charge is 2.41. The molecule has 0 aromatic rings. The van der Waals surface area contributed by atoms with Crippen LogP contribution in [0.5, 0.6) is 0 Å². The number of alkyl halides is 2. The monoisotopic (exact) mass is 212 g/mol. The van der Waals surface area contributed by atoms with E-state index in [1.54, 1.807) is 0 Å². The van der Waals surface area contributed by atoms with Crippen LogP contribution in [0.25, 0.3) is 0 Å². The summed E-state index contributed by atoms with van der Waals surface area (Å²) in [6.45, 7) is 0. The van der Waals surface area contributed by atoms with Crippen molar-refractivity contribution in [2.24, 2.45) is 5.92 Å². The SMILES string of the molecule is FC(F)=COC(F)(F)C1CCCCC1. The van der Waals surface area contributed by atoms with Gasteiger partial charge in [-0.2, -0.15) is 17.6 Å². The third kappa shape index (κ3) is 3.20. The Labute approximate surface area is 79.7 Å². The van der Waals surface area contributed by atoms with Gasteiger partial charge in [-0.1, -0.05) is 19.3 Å². The van der Waals surface area contributed by atoms with E-state index in [1.165, 1.54) is 0 Å². The number of hydrogen-bond acceptors (Lipinski definition) is 1. The van der Waals surface area contributed by atoms with E-state index in [1.807, 2.05) is 0 Å². The zero-order valence-corrected chi connectivity index (χ0v) is 7.61. The molecule has 0 aliphatic heterocycles. The molecule has 14 heavy (non-hydrogen) atoms. The molecule has 1 saturated carbocycles. The maximum absolute atomic E-state index is 13.1. The molecule has 1 rings (SSSR count). The summed E-state index contributed by atoms with van der Waals surface area (Å²) in [7, 11) is 0. The van der Waals surface area contributed by atoms with E-state index in [2.05, 4.69) is 4.74 Å². The molecule has 0 amide bonds. The van der Waals surface area contributed by atoms with Crippen molar-refractivity contribution in [1.82, 2.24) is 0 Å². The molecule has 1 fully saturated rings. The van der Waals surface area contributed by atoms with E-state index in [0.29, 0.717) is 25.7 Å². The molecule has 5 heteroatoms. The Balaban J connectivity index is 2.49. The lowest BCUT2D eigenvalue weighted by atomic mass is 9.88. The predicted molar refractivity (Wildman–Crippen MR) is 42.9 cm³/mol. The summed E-state index contributed by atoms with van der Waals surface area (Å²) in [5.41, 5.74) is 0. The van der Waals surface area contributed by atoms with Gasteiger partial charge in [0.1, 0.15) is 0 Å². The van der Waals surface area contributed by atoms with Gasteiger partial charge >= 0.3 is 12.2 Å². The van der Waals surface area contributed by atoms with Crippen LogP contribution in [-0.4, -0.2) is 6.11 Å². The molecule has 0 unspecified atom stereocenters. The van der Waals surface area contributed by atoms with E-state index in [-0.39, 0.29) is 6.26 Å². The molecule has 1 aliphatic rings. The molecular weight excluding hydrogens is 200 g/mol. The second-order valence-corrected chi connectivity index (χ2v) is 3.42. The molecule has 82 valence electrons. The fraction of sp³-hybridized carbons (Fsp3) is 0.778. The van der Waals surface area contributed by atoms with Crippen LogP contribution in [0.4, 0.5) is 17.6 Å². The third-order valence-electron chi connectivity index (χ3n) is 2.39. The Hall–Kier alpha value is -0.740. The topological polar surface area (TPSA) is 9.23 Å². The largest absolute Gasteiger partial charge is 0.435 e. The van der Waals surface area contributed by atoms with Crippen molar-refractivity contribution >= 4 is 0 Å². The number of rotatable bonds is 3. The van der Waals surface area contributed by atoms with Gasteiger partial charge in [-0.25, -0.2) is 0 Å². The lowest BCUT2D eigenvalue weighted by Gasteiger charge is -2.28. The Morgan fingerprint density at radius 3 is 2.21 bits per heavy atom. The van der Waals surface area contributed by atoms with Crippen molar-refractivity contribution in [1.29, 1.82) is 0 Å². The predicted octanol–water partition coefficient (Wildman–Crippen LogP) is 3.91. The van der Waals surface area contributed by atoms with Gasteiger partial charge in [0.2, 0.25) is 0 Å². The lowest BCUT2D eigenvalue weighted by Crippen LogP contribution is -2.31. The maximum atomic E-state index is 13.1. The third-order valence-corrected chi connectivity index (χ3v) is 2.39. The Morgan fingerprint density at radius 2 is 1.71 bits per heavy atom. The fourth-order valence-corrected chi connectivity index (χ4v) is 1.66. The Morgan fingerprint density at radius 1 is 1.14 bits per heavy atom. The van der Waals surface area contributed by atoms with Crippen molar-refractivity contribution in [3.8, 4) is 0 Å². The van der Waals surface area contributed by atoms with Crippen molar-refractivity contribution in [3.63, 3.8) is 0 Å². The van der Waals surface area contributed by atoms with Gasteiger partial charge in [-0.15, -0.1) is 0 Å². The number of hydrogen-bond donors (Lipinski definition) is 0. The van der Waals surface area contributed by atoms with Crippen LogP contribution in [0.3, 0.4) is 0 Å². The molecular formula is C9H12F4O. The molecule has 0 bridgehead atoms. The van der Waals surface area contributed by atoms with Gasteiger partial charge in [0.15, 0.2) is 6.26 Å². The summed E-state index contributed by atoms with van der Waals surface area (Å²) in [4.78, 5) is 0. The van der Waals surface area contributed by atoms with Gasteiger partial charge in [0, 0.05) is 0 Å². The highest BCUT2D eigenvalue weighted by molar-refractivity contribution is 4.78. The van der Waals surface area contributed by atoms with Gasteiger partial charge < -0.3 is 4.74 Å². The van der Waals surface area contributed by atoms with E-state index in [4.69, 9.17) is 0 Å². The molecule has 1 aliphatic carbocycles. The molecule has 0 radical (unpaired) electrons. The van der Waals surface area contributed by atoms with Crippen LogP contribution >= 0.6 is 0 Å². The quantitative estimate of drug-likeness (QED) is 0.509. The second kappa shape index (κ2) is 4.66. The smallest absolute Gasteiger partial charge is 0.400 e. The highest BCUT2D eigenvalue weighted by atomic mass is 19.3. The molecule has 0 spiro atoms. The molecule has 0 atom stereocenters. The second-order valence-electron chi connectivity index (χ2n) is 3.42. The van der Waals surface area contributed by atoms with Gasteiger partial charge in [0.05, 0.1) is 5.92 Å². The number of halogens is 4. The van der Waals surface area contributed by atoms with E-state index >= 15 is 0 Å². The van der Waals surface area contributed by atoms with Crippen molar-refractivity contribution in [2.75, 3.05) is 0 Å². The summed E-state index contributed by atoms with van der Waals surface area (Å²) in [6.07, 6.45) is -2.82. The van der Waals surface area contributed by atoms with Crippen LogP contribution < -0.4 is 0 Å². The number of ether oxygens (including phenoxy) is 1. The molecule has 1 nitrogen and oxygen atoms in total. The summed E-state index contributed by atoms with van der Waals surface area (Å²) in [5, 5.41) is 0. The highest BCUT2D eigenvalue weighted by Crippen LogP contribution is 2.37. The maximum Gasteiger partial charge on any atom is 0.400 e. The van der Waals surface area contributed by atoms with Crippen LogP contribution in [0.15, 0.2) is 12.3 Å².